The Hall–Kier alpha value is -4.10. The molecule has 0 radical (unpaired) electrons. The number of hydrogen-bond donors (Lipinski definition) is 4. The minimum atomic E-state index is -1.21. The number of carbonyl (C=O) groups is 4. The first-order valence-electron chi connectivity index (χ1n) is 12.0. The molecule has 3 amide bonds. The lowest BCUT2D eigenvalue weighted by atomic mass is 10.0. The number of pyridine rings is 1. The van der Waals surface area contributed by atoms with Crippen LogP contribution in [0.15, 0.2) is 42.7 Å². The zero-order chi connectivity index (χ0) is 27.2. The molecular formula is C25H28N6O6S. The third-order valence-corrected chi connectivity index (χ3v) is 7.06. The summed E-state index contributed by atoms with van der Waals surface area (Å²) in [5.41, 5.74) is 11.9. The average molecular weight is 541 g/mol. The number of aromatic amines is 1. The fraction of sp³-hybridized carbons (Fsp3) is 0.320. The summed E-state index contributed by atoms with van der Waals surface area (Å²) >= 11 is 1.05. The molecule has 2 unspecified atom stereocenters. The van der Waals surface area contributed by atoms with Crippen LogP contribution in [0.2, 0.25) is 0 Å². The highest BCUT2D eigenvalue weighted by Crippen LogP contribution is 2.37. The molecule has 200 valence electrons. The highest BCUT2D eigenvalue weighted by molar-refractivity contribution is 7.98. The number of benzene rings is 1. The van der Waals surface area contributed by atoms with E-state index in [9.17, 15) is 19.2 Å². The number of rotatable bonds is 10. The number of nitrogens with two attached hydrogens (primary N) is 2. The number of amides is 3. The molecule has 3 heterocycles. The molecule has 13 heteroatoms. The van der Waals surface area contributed by atoms with E-state index < -0.39 is 35.2 Å². The number of ether oxygens (including phenoxy) is 2. The van der Waals surface area contributed by atoms with Crippen molar-refractivity contribution in [3.05, 3.63) is 59.5 Å². The SMILES string of the molecule is CCOC(=O)CNC(=O)C(c1ccc2ncccc2c1)N(SC1CCCO1)C(=O)c1c[nH]c(C(N)=O)c1N. The van der Waals surface area contributed by atoms with E-state index in [1.165, 1.54) is 10.5 Å². The van der Waals surface area contributed by atoms with Gasteiger partial charge in [-0.15, -0.1) is 0 Å². The monoisotopic (exact) mass is 540 g/mol. The molecule has 1 aliphatic rings. The van der Waals surface area contributed by atoms with Crippen molar-refractivity contribution >= 4 is 52.2 Å². The fourth-order valence-corrected chi connectivity index (χ4v) is 5.26. The Balaban J connectivity index is 1.78. The maximum atomic E-state index is 13.9. The molecule has 0 bridgehead atoms. The van der Waals surface area contributed by atoms with Crippen LogP contribution in [0.4, 0.5) is 5.69 Å². The second-order valence-corrected chi connectivity index (χ2v) is 9.55. The molecule has 0 aliphatic carbocycles. The highest BCUT2D eigenvalue weighted by Gasteiger charge is 2.37. The molecule has 0 saturated carbocycles. The van der Waals surface area contributed by atoms with E-state index in [1.54, 1.807) is 37.4 Å². The van der Waals surface area contributed by atoms with E-state index in [-0.39, 0.29) is 30.1 Å². The van der Waals surface area contributed by atoms with Crippen LogP contribution in [0, 0.1) is 0 Å². The standard InChI is InChI=1S/C25H28N6O6S/c1-2-36-18(32)13-30-24(34)22(15-7-8-17-14(11-15)5-3-9-28-17)31(38-19-6-4-10-37-19)25(35)16-12-29-21(20(16)26)23(27)33/h3,5,7-9,11-12,19,22,29H,2,4,6,10,13,26H2,1H3,(H2,27,33)(H,30,34). The summed E-state index contributed by atoms with van der Waals surface area (Å²) in [5.74, 6) is -2.71. The number of aromatic nitrogens is 2. The predicted molar refractivity (Wildman–Crippen MR) is 141 cm³/mol. The van der Waals surface area contributed by atoms with Crippen molar-refractivity contribution in [3.8, 4) is 0 Å². The molecule has 1 aliphatic heterocycles. The first-order chi connectivity index (χ1) is 18.3. The second kappa shape index (κ2) is 12.0. The van der Waals surface area contributed by atoms with Gasteiger partial charge in [0.15, 0.2) is 0 Å². The van der Waals surface area contributed by atoms with Gasteiger partial charge in [-0.1, -0.05) is 12.1 Å². The number of hydrogen-bond acceptors (Lipinski definition) is 9. The Bertz CT molecular complexity index is 1360. The van der Waals surface area contributed by atoms with E-state index in [1.807, 2.05) is 6.07 Å². The van der Waals surface area contributed by atoms with Gasteiger partial charge in [0, 0.05) is 24.4 Å². The molecule has 2 aromatic heterocycles. The lowest BCUT2D eigenvalue weighted by Crippen LogP contribution is -2.43. The van der Waals surface area contributed by atoms with Crippen molar-refractivity contribution in [1.82, 2.24) is 19.6 Å². The summed E-state index contributed by atoms with van der Waals surface area (Å²) in [4.78, 5) is 58.2. The van der Waals surface area contributed by atoms with Crippen molar-refractivity contribution in [3.63, 3.8) is 0 Å². The Morgan fingerprint density at radius 2 is 2.13 bits per heavy atom. The molecule has 12 nitrogen and oxygen atoms in total. The molecule has 6 N–H and O–H groups in total. The Morgan fingerprint density at radius 1 is 1.32 bits per heavy atom. The largest absolute Gasteiger partial charge is 0.465 e. The number of carbonyl (C=O) groups excluding carboxylic acids is 4. The fourth-order valence-electron chi connectivity index (χ4n) is 4.04. The summed E-state index contributed by atoms with van der Waals surface area (Å²) in [6.45, 7) is 1.94. The molecule has 3 aromatic rings. The lowest BCUT2D eigenvalue weighted by Gasteiger charge is -2.31. The van der Waals surface area contributed by atoms with Crippen LogP contribution in [0.1, 0.15) is 52.2 Å². The van der Waals surface area contributed by atoms with Gasteiger partial charge in [0.2, 0.25) is 5.91 Å². The summed E-state index contributed by atoms with van der Waals surface area (Å²) < 4.78 is 11.9. The van der Waals surface area contributed by atoms with Crippen LogP contribution in [0.25, 0.3) is 10.9 Å². The van der Waals surface area contributed by atoms with Crippen molar-refractivity contribution in [2.75, 3.05) is 25.5 Å². The van der Waals surface area contributed by atoms with Gasteiger partial charge in [0.1, 0.15) is 23.7 Å². The maximum Gasteiger partial charge on any atom is 0.325 e. The number of anilines is 1. The van der Waals surface area contributed by atoms with Gasteiger partial charge in [-0.25, -0.2) is 0 Å². The number of nitrogens with one attached hydrogen (secondary N) is 2. The lowest BCUT2D eigenvalue weighted by molar-refractivity contribution is -0.143. The van der Waals surface area contributed by atoms with E-state index in [0.29, 0.717) is 24.1 Å². The van der Waals surface area contributed by atoms with Crippen LogP contribution in [-0.2, 0) is 19.1 Å². The third-order valence-electron chi connectivity index (χ3n) is 5.85. The van der Waals surface area contributed by atoms with Gasteiger partial charge in [-0.3, -0.25) is 28.5 Å². The van der Waals surface area contributed by atoms with Crippen LogP contribution < -0.4 is 16.8 Å². The summed E-state index contributed by atoms with van der Waals surface area (Å²) in [6.07, 6.45) is 4.37. The van der Waals surface area contributed by atoms with Gasteiger partial charge in [0.25, 0.3) is 11.8 Å². The molecule has 38 heavy (non-hydrogen) atoms. The van der Waals surface area contributed by atoms with Gasteiger partial charge in [-0.2, -0.15) is 0 Å². The van der Waals surface area contributed by atoms with E-state index in [4.69, 9.17) is 20.9 Å². The van der Waals surface area contributed by atoms with Gasteiger partial charge < -0.3 is 31.2 Å². The minimum Gasteiger partial charge on any atom is -0.465 e. The summed E-state index contributed by atoms with van der Waals surface area (Å²) in [7, 11) is 0. The Labute approximate surface area is 222 Å². The topological polar surface area (TPSA) is 183 Å². The number of nitrogens with zero attached hydrogens (tertiary/aromatic N) is 2. The zero-order valence-corrected chi connectivity index (χ0v) is 21.5. The first-order valence-corrected chi connectivity index (χ1v) is 12.8. The third kappa shape index (κ3) is 5.89. The van der Waals surface area contributed by atoms with Crippen LogP contribution in [0.5, 0.6) is 0 Å². The van der Waals surface area contributed by atoms with Crippen LogP contribution >= 0.6 is 11.9 Å². The first kappa shape index (κ1) is 26.9. The van der Waals surface area contributed by atoms with Gasteiger partial charge in [0.05, 0.1) is 23.4 Å². The van der Waals surface area contributed by atoms with Crippen LogP contribution in [0.3, 0.4) is 0 Å². The quantitative estimate of drug-likeness (QED) is 0.220. The number of H-pyrrole nitrogens is 1. The molecule has 1 aromatic carbocycles. The number of esters is 1. The van der Waals surface area contributed by atoms with E-state index in [2.05, 4.69) is 15.3 Å². The van der Waals surface area contributed by atoms with Crippen molar-refractivity contribution in [2.45, 2.75) is 31.2 Å². The average Bonchev–Trinajstić information content (AvgIpc) is 3.56. The normalized spacial score (nSPS) is 15.7. The van der Waals surface area contributed by atoms with Crippen molar-refractivity contribution in [2.24, 2.45) is 5.73 Å². The molecule has 1 fully saturated rings. The maximum absolute atomic E-state index is 13.9. The Kier molecular flexibility index (Phi) is 8.48. The molecule has 0 spiro atoms. The van der Waals surface area contributed by atoms with E-state index >= 15 is 0 Å². The summed E-state index contributed by atoms with van der Waals surface area (Å²) in [5, 5.41) is 3.32. The molecule has 1 saturated heterocycles. The molecule has 4 rings (SSSR count). The number of primary amides is 1. The molecular weight excluding hydrogens is 512 g/mol. The number of fused-ring (bicyclic) bond motifs is 1. The van der Waals surface area contributed by atoms with Gasteiger partial charge >= 0.3 is 5.97 Å². The van der Waals surface area contributed by atoms with Crippen molar-refractivity contribution < 1.29 is 28.7 Å². The Morgan fingerprint density at radius 3 is 2.82 bits per heavy atom. The van der Waals surface area contributed by atoms with Crippen molar-refractivity contribution in [1.29, 1.82) is 0 Å². The zero-order valence-electron chi connectivity index (χ0n) is 20.6. The predicted octanol–water partition coefficient (Wildman–Crippen LogP) is 1.89. The van der Waals surface area contributed by atoms with Gasteiger partial charge in [-0.05, 0) is 55.5 Å². The second-order valence-electron chi connectivity index (χ2n) is 8.42. The smallest absolute Gasteiger partial charge is 0.325 e. The number of nitrogen functional groups attached to an aromatic ring is 1. The highest BCUT2D eigenvalue weighted by atomic mass is 32.2. The van der Waals surface area contributed by atoms with E-state index in [0.717, 1.165) is 23.8 Å². The minimum absolute atomic E-state index is 0.0325. The summed E-state index contributed by atoms with van der Waals surface area (Å²) in [6, 6.07) is 7.57. The van der Waals surface area contributed by atoms with Crippen LogP contribution in [-0.4, -0.2) is 63.2 Å². The molecule has 2 atom stereocenters.